The number of aliphatic hydroxyl groups is 12. The molecule has 4 aliphatic heterocycles. The Morgan fingerprint density at radius 1 is 0.800 bits per heavy atom. The van der Waals surface area contributed by atoms with E-state index in [0.717, 1.165) is 0 Å². The molecular formula is C28H49NO21. The van der Waals surface area contributed by atoms with Gasteiger partial charge in [-0.05, 0) is 6.92 Å². The van der Waals surface area contributed by atoms with E-state index in [2.05, 4.69) is 0 Å². The predicted molar refractivity (Wildman–Crippen MR) is 155 cm³/mol. The van der Waals surface area contributed by atoms with Crippen LogP contribution >= 0.6 is 0 Å². The fourth-order valence-corrected chi connectivity index (χ4v) is 6.44. The molecule has 4 heterocycles. The van der Waals surface area contributed by atoms with Crippen LogP contribution in [0, 0.1) is 5.92 Å². The number of aliphatic carboxylic acids is 1. The molecule has 50 heavy (non-hydrogen) atoms. The Kier molecular flexibility index (Phi) is 13.6. The number of hydrogen-bond acceptors (Lipinski definition) is 21. The Morgan fingerprint density at radius 3 is 1.96 bits per heavy atom. The van der Waals surface area contributed by atoms with Crippen molar-refractivity contribution in [2.45, 2.75) is 136 Å². The summed E-state index contributed by atoms with van der Waals surface area (Å²) in [6.45, 7) is -0.579. The van der Waals surface area contributed by atoms with Crippen LogP contribution < -0.4 is 5.73 Å². The van der Waals surface area contributed by atoms with E-state index in [1.165, 1.54) is 13.8 Å². The van der Waals surface area contributed by atoms with Crippen molar-refractivity contribution >= 4 is 5.97 Å². The summed E-state index contributed by atoms with van der Waals surface area (Å²) in [5, 5.41) is 134. The van der Waals surface area contributed by atoms with Crippen LogP contribution in [-0.4, -0.2) is 214 Å². The van der Waals surface area contributed by atoms with Gasteiger partial charge in [0, 0.05) is 12.3 Å². The van der Waals surface area contributed by atoms with Crippen molar-refractivity contribution in [2.75, 3.05) is 26.4 Å². The van der Waals surface area contributed by atoms with Gasteiger partial charge in [-0.2, -0.15) is 0 Å². The van der Waals surface area contributed by atoms with Crippen molar-refractivity contribution < 1.29 is 104 Å². The first-order valence-corrected chi connectivity index (χ1v) is 16.0. The molecule has 0 aromatic carbocycles. The van der Waals surface area contributed by atoms with Crippen LogP contribution in [0.4, 0.5) is 0 Å². The van der Waals surface area contributed by atoms with Crippen LogP contribution in [0.3, 0.4) is 0 Å². The van der Waals surface area contributed by atoms with Crippen molar-refractivity contribution in [3.8, 4) is 0 Å². The van der Waals surface area contributed by atoms with E-state index in [1.807, 2.05) is 0 Å². The van der Waals surface area contributed by atoms with Crippen molar-refractivity contribution in [2.24, 2.45) is 11.7 Å². The molecule has 4 fully saturated rings. The average molecular weight is 736 g/mol. The topological polar surface area (TPSA) is 371 Å². The van der Waals surface area contributed by atoms with E-state index in [9.17, 15) is 71.2 Å². The molecule has 22 heteroatoms. The smallest absolute Gasteiger partial charge is 0.364 e. The average Bonchev–Trinajstić information content (AvgIpc) is 3.08. The van der Waals surface area contributed by atoms with Gasteiger partial charge in [0.15, 0.2) is 12.6 Å². The second-order valence-corrected chi connectivity index (χ2v) is 13.1. The normalized spacial score (nSPS) is 50.9. The van der Waals surface area contributed by atoms with Gasteiger partial charge in [-0.1, -0.05) is 6.92 Å². The number of aliphatic hydroxyl groups excluding tert-OH is 11. The first kappa shape index (κ1) is 41.4. The van der Waals surface area contributed by atoms with Gasteiger partial charge in [0.05, 0.1) is 50.8 Å². The summed E-state index contributed by atoms with van der Waals surface area (Å²) >= 11 is 0. The standard InChI is InChI=1S/C28H49NO21/c1-8-15(35)22(12(5-31)46-24(8)48-21-9(2)45-11(4-30)16(36)19(21)39)49-25-20(40)18(38)17(37)13(47-25)7-44-27(26(41)42)3-10(33)23(29)28(43,50-27)14(34)6-32/h8-25,30-40,43H,3-7,29H2,1-2H3,(H,41,42)/t8?,9-,10-,11?,12+,13?,14?,15?,16-,17+,18?,19?,20+,21+,22-,23-,24+,25+,27-,28-/m1/s1. The summed E-state index contributed by atoms with van der Waals surface area (Å²) in [5.74, 6) is -8.91. The maximum Gasteiger partial charge on any atom is 0.364 e. The van der Waals surface area contributed by atoms with Crippen LogP contribution in [0.1, 0.15) is 20.3 Å². The summed E-state index contributed by atoms with van der Waals surface area (Å²) in [6, 6.07) is -1.81. The maximum atomic E-state index is 12.3. The van der Waals surface area contributed by atoms with Gasteiger partial charge in [0.25, 0.3) is 5.79 Å². The summed E-state index contributed by atoms with van der Waals surface area (Å²) < 4.78 is 39.0. The summed E-state index contributed by atoms with van der Waals surface area (Å²) in [6.07, 6.45) is -26.6. The molecule has 0 amide bonds. The Labute approximate surface area is 284 Å². The number of rotatable bonds is 12. The van der Waals surface area contributed by atoms with Crippen molar-refractivity contribution in [3.05, 3.63) is 0 Å². The third-order valence-electron chi connectivity index (χ3n) is 9.67. The van der Waals surface area contributed by atoms with Crippen molar-refractivity contribution in [1.29, 1.82) is 0 Å². The van der Waals surface area contributed by atoms with E-state index in [4.69, 9.17) is 38.9 Å². The molecule has 4 rings (SSSR count). The summed E-state index contributed by atoms with van der Waals surface area (Å²) in [4.78, 5) is 12.3. The Bertz CT molecular complexity index is 1120. The lowest BCUT2D eigenvalue weighted by molar-refractivity contribution is -0.406. The third kappa shape index (κ3) is 7.81. The molecule has 4 saturated heterocycles. The molecule has 0 aromatic heterocycles. The molecular weight excluding hydrogens is 686 g/mol. The fourth-order valence-electron chi connectivity index (χ4n) is 6.44. The highest BCUT2D eigenvalue weighted by molar-refractivity contribution is 5.76. The fraction of sp³-hybridized carbons (Fsp3) is 0.964. The number of ether oxygens (including phenoxy) is 7. The molecule has 0 radical (unpaired) electrons. The number of hydrogen-bond donors (Lipinski definition) is 14. The largest absolute Gasteiger partial charge is 0.477 e. The zero-order chi connectivity index (χ0) is 37.5. The van der Waals surface area contributed by atoms with Crippen LogP contribution in [0.25, 0.3) is 0 Å². The lowest BCUT2D eigenvalue weighted by atomic mass is 9.88. The van der Waals surface area contributed by atoms with Crippen molar-refractivity contribution in [3.63, 3.8) is 0 Å². The van der Waals surface area contributed by atoms with Gasteiger partial charge in [-0.15, -0.1) is 0 Å². The van der Waals surface area contributed by atoms with E-state index < -0.39 is 160 Å². The predicted octanol–water partition coefficient (Wildman–Crippen LogP) is -8.27. The van der Waals surface area contributed by atoms with Gasteiger partial charge < -0.3 is 105 Å². The SMILES string of the molecule is CC1C(O)[C@H](O[C@@H]2OC(CO[C@]3(C(=O)O)C[C@@H](O)[C@@H](N)[C@@](O)(C(O)CO)O3)[C@H](O)C(O)[C@@H]2O)[C@H](CO)O[C@H]1O[C@@H]1C(O)[C@H](O)C(CO)O[C@@H]1C. The molecule has 20 atom stereocenters. The molecule has 292 valence electrons. The minimum absolute atomic E-state index is 0.576. The molecule has 7 unspecified atom stereocenters. The van der Waals surface area contributed by atoms with Crippen molar-refractivity contribution in [1.82, 2.24) is 0 Å². The monoisotopic (exact) mass is 735 g/mol. The molecule has 0 aliphatic carbocycles. The van der Waals surface area contributed by atoms with E-state index in [0.29, 0.717) is 0 Å². The van der Waals surface area contributed by atoms with Crippen LogP contribution in [0.5, 0.6) is 0 Å². The highest BCUT2D eigenvalue weighted by Gasteiger charge is 2.62. The maximum absolute atomic E-state index is 12.3. The zero-order valence-corrected chi connectivity index (χ0v) is 27.1. The number of nitrogens with two attached hydrogens (primary N) is 1. The van der Waals surface area contributed by atoms with Gasteiger partial charge in [-0.3, -0.25) is 0 Å². The van der Waals surface area contributed by atoms with Gasteiger partial charge in [0.1, 0.15) is 67.1 Å². The Morgan fingerprint density at radius 2 is 1.38 bits per heavy atom. The molecule has 0 spiro atoms. The molecule has 4 aliphatic rings. The Hall–Kier alpha value is -1.33. The van der Waals surface area contributed by atoms with E-state index in [-0.39, 0.29) is 0 Å². The highest BCUT2D eigenvalue weighted by Crippen LogP contribution is 2.39. The van der Waals surface area contributed by atoms with Crippen LogP contribution in [-0.2, 0) is 38.0 Å². The molecule has 0 aromatic rings. The van der Waals surface area contributed by atoms with Crippen LogP contribution in [0.2, 0.25) is 0 Å². The minimum atomic E-state index is -3.03. The lowest BCUT2D eigenvalue weighted by Crippen LogP contribution is -2.73. The quantitative estimate of drug-likeness (QED) is 0.0884. The van der Waals surface area contributed by atoms with Gasteiger partial charge in [0.2, 0.25) is 5.79 Å². The van der Waals surface area contributed by atoms with E-state index >= 15 is 0 Å². The zero-order valence-electron chi connectivity index (χ0n) is 27.1. The summed E-state index contributed by atoms with van der Waals surface area (Å²) in [7, 11) is 0. The number of carboxylic acids is 1. The first-order valence-electron chi connectivity index (χ1n) is 16.0. The molecule has 22 nitrogen and oxygen atoms in total. The van der Waals surface area contributed by atoms with Gasteiger partial charge >= 0.3 is 5.97 Å². The lowest BCUT2D eigenvalue weighted by Gasteiger charge is -2.50. The second kappa shape index (κ2) is 16.4. The van der Waals surface area contributed by atoms with Gasteiger partial charge in [-0.25, -0.2) is 4.79 Å². The third-order valence-corrected chi connectivity index (χ3v) is 9.67. The molecule has 0 saturated carbocycles. The first-order chi connectivity index (χ1) is 23.4. The second-order valence-electron chi connectivity index (χ2n) is 13.1. The minimum Gasteiger partial charge on any atom is -0.477 e. The number of carbonyl (C=O) groups is 1. The molecule has 15 N–H and O–H groups in total. The highest BCUT2D eigenvalue weighted by atomic mass is 16.8. The van der Waals surface area contributed by atoms with Crippen LogP contribution in [0.15, 0.2) is 0 Å². The summed E-state index contributed by atoms with van der Waals surface area (Å²) in [5.41, 5.74) is 5.70. The molecule has 0 bridgehead atoms. The number of carboxylic acid groups (broad SMARTS) is 1. The van der Waals surface area contributed by atoms with E-state index in [1.54, 1.807) is 0 Å². The Balaban J connectivity index is 1.47.